The lowest BCUT2D eigenvalue weighted by Gasteiger charge is -2.01. The van der Waals surface area contributed by atoms with Gasteiger partial charge in [-0.05, 0) is 33.7 Å². The van der Waals surface area contributed by atoms with Crippen LogP contribution in [0.3, 0.4) is 0 Å². The minimum absolute atomic E-state index is 1.08. The van der Waals surface area contributed by atoms with Gasteiger partial charge in [0.15, 0.2) is 0 Å². The largest absolute Gasteiger partial charge is 0.503 e. The van der Waals surface area contributed by atoms with Crippen LogP contribution in [0.1, 0.15) is 11.1 Å². The summed E-state index contributed by atoms with van der Waals surface area (Å²) in [4.78, 5) is 8.56. The van der Waals surface area contributed by atoms with E-state index in [-0.39, 0.29) is 0 Å². The second kappa shape index (κ2) is 7.87. The van der Waals surface area contributed by atoms with Gasteiger partial charge in [0.25, 0.3) is 0 Å². The summed E-state index contributed by atoms with van der Waals surface area (Å²) in [6, 6.07) is 29.3. The molecule has 0 spiro atoms. The summed E-state index contributed by atoms with van der Waals surface area (Å²) in [6.45, 7) is 0. The van der Waals surface area contributed by atoms with Gasteiger partial charge < -0.3 is 10.2 Å². The third-order valence-electron chi connectivity index (χ3n) is 3.91. The van der Waals surface area contributed by atoms with Crippen LogP contribution in [-0.4, -0.2) is 16.4 Å². The Balaban J connectivity index is 0.000000447. The molecule has 0 radical (unpaired) electrons. The molecule has 3 heteroatoms. The topological polar surface area (TPSA) is 57.5 Å². The number of carboxylic acid groups (broad SMARTS) is 2. The molecule has 0 saturated carbocycles. The predicted octanol–water partition coefficient (Wildman–Crippen LogP) is 5.62. The van der Waals surface area contributed by atoms with Crippen molar-refractivity contribution >= 4 is 27.7 Å². The lowest BCUT2D eigenvalue weighted by atomic mass is 10.0. The summed E-state index contributed by atoms with van der Waals surface area (Å²) in [7, 11) is 0. The second-order valence-electron chi connectivity index (χ2n) is 5.59. The van der Waals surface area contributed by atoms with E-state index in [9.17, 15) is 0 Å². The van der Waals surface area contributed by atoms with E-state index in [0.717, 1.165) is 11.1 Å². The molecule has 0 aliphatic carbocycles. The number of carbonyl (C=O) groups is 1. The number of rotatable bonds is 0. The van der Waals surface area contributed by atoms with Crippen molar-refractivity contribution in [2.75, 3.05) is 0 Å². The highest BCUT2D eigenvalue weighted by Crippen LogP contribution is 2.19. The van der Waals surface area contributed by atoms with Gasteiger partial charge in [-0.1, -0.05) is 84.6 Å². The number of fused-ring (bicyclic) bond motifs is 2. The van der Waals surface area contributed by atoms with Gasteiger partial charge in [0.2, 0.25) is 0 Å². The monoisotopic (exact) mass is 340 g/mol. The summed E-state index contributed by atoms with van der Waals surface area (Å²) in [5.74, 6) is 6.69. The Kier molecular flexibility index (Phi) is 5.16. The molecule has 126 valence electrons. The van der Waals surface area contributed by atoms with Crippen molar-refractivity contribution in [2.24, 2.45) is 0 Å². The molecule has 0 amide bonds. The molecule has 26 heavy (non-hydrogen) atoms. The highest BCUT2D eigenvalue weighted by atomic mass is 16.6. The molecule has 4 aromatic carbocycles. The van der Waals surface area contributed by atoms with E-state index in [2.05, 4.69) is 96.8 Å². The van der Waals surface area contributed by atoms with Crippen molar-refractivity contribution in [3.8, 4) is 11.8 Å². The number of hydrogen-bond acceptors (Lipinski definition) is 1. The number of benzene rings is 4. The lowest BCUT2D eigenvalue weighted by molar-refractivity contribution is 0.137. The highest BCUT2D eigenvalue weighted by Gasteiger charge is 1.98. The molecule has 0 aliphatic heterocycles. The first kappa shape index (κ1) is 17.1. The average molecular weight is 340 g/mol. The molecule has 0 fully saturated rings. The molecular weight excluding hydrogens is 324 g/mol. The summed E-state index contributed by atoms with van der Waals surface area (Å²) in [5, 5.41) is 18.8. The minimum atomic E-state index is -1.83. The van der Waals surface area contributed by atoms with Crippen molar-refractivity contribution in [3.63, 3.8) is 0 Å². The van der Waals surface area contributed by atoms with Crippen LogP contribution in [0.25, 0.3) is 21.5 Å². The standard InChI is InChI=1S/C22H14.CH2O3/c1-3-13-21-17(7-1)9-5-11-19(21)15-16-20-12-6-10-18-8-2-4-14-22(18)20;2-1(3)4/h1-14H;(H2,2,3,4). The van der Waals surface area contributed by atoms with Gasteiger partial charge in [0.1, 0.15) is 0 Å². The van der Waals surface area contributed by atoms with Crippen LogP contribution in [-0.2, 0) is 0 Å². The van der Waals surface area contributed by atoms with E-state index < -0.39 is 6.16 Å². The average Bonchev–Trinajstić information content (AvgIpc) is 2.66. The van der Waals surface area contributed by atoms with E-state index in [1.54, 1.807) is 0 Å². The minimum Gasteiger partial charge on any atom is -0.450 e. The maximum absolute atomic E-state index is 8.56. The molecule has 0 unspecified atom stereocenters. The van der Waals surface area contributed by atoms with Gasteiger partial charge in [-0.25, -0.2) is 4.79 Å². The molecule has 4 aromatic rings. The van der Waals surface area contributed by atoms with Crippen LogP contribution in [0.2, 0.25) is 0 Å². The van der Waals surface area contributed by atoms with Gasteiger partial charge in [-0.3, -0.25) is 0 Å². The maximum Gasteiger partial charge on any atom is 0.503 e. The Morgan fingerprint density at radius 1 is 0.577 bits per heavy atom. The SMILES string of the molecule is C(#Cc1cccc2ccccc12)c1cccc2ccccc12.O=C(O)O. The normalized spacial score (nSPS) is 9.69. The first-order valence-corrected chi connectivity index (χ1v) is 8.04. The maximum atomic E-state index is 8.56. The van der Waals surface area contributed by atoms with Gasteiger partial charge >= 0.3 is 6.16 Å². The van der Waals surface area contributed by atoms with Gasteiger partial charge in [0, 0.05) is 11.1 Å². The van der Waals surface area contributed by atoms with Gasteiger partial charge in [-0.2, -0.15) is 0 Å². The Hall–Kier alpha value is -3.77. The van der Waals surface area contributed by atoms with Gasteiger partial charge in [-0.15, -0.1) is 0 Å². The fraction of sp³-hybridized carbons (Fsp3) is 0. The summed E-state index contributed by atoms with van der Waals surface area (Å²) in [5.41, 5.74) is 2.15. The Morgan fingerprint density at radius 2 is 0.923 bits per heavy atom. The van der Waals surface area contributed by atoms with Crippen molar-refractivity contribution < 1.29 is 15.0 Å². The highest BCUT2D eigenvalue weighted by molar-refractivity contribution is 5.90. The van der Waals surface area contributed by atoms with Crippen LogP contribution in [0.4, 0.5) is 4.79 Å². The van der Waals surface area contributed by atoms with Crippen LogP contribution >= 0.6 is 0 Å². The van der Waals surface area contributed by atoms with Crippen molar-refractivity contribution in [3.05, 3.63) is 96.1 Å². The first-order valence-electron chi connectivity index (χ1n) is 8.04. The van der Waals surface area contributed by atoms with Crippen LogP contribution in [0.15, 0.2) is 84.9 Å². The summed E-state index contributed by atoms with van der Waals surface area (Å²) >= 11 is 0. The molecule has 0 bridgehead atoms. The molecule has 2 N–H and O–H groups in total. The fourth-order valence-electron chi connectivity index (χ4n) is 2.80. The Morgan fingerprint density at radius 3 is 1.35 bits per heavy atom. The van der Waals surface area contributed by atoms with E-state index in [1.807, 2.05) is 0 Å². The zero-order valence-electron chi connectivity index (χ0n) is 13.9. The molecule has 0 aromatic heterocycles. The zero-order chi connectivity index (χ0) is 18.4. The number of hydrogen-bond donors (Lipinski definition) is 2. The van der Waals surface area contributed by atoms with E-state index in [1.165, 1.54) is 21.5 Å². The molecule has 4 rings (SSSR count). The third kappa shape index (κ3) is 4.00. The molecular formula is C23H16O3. The van der Waals surface area contributed by atoms with Crippen LogP contribution in [0, 0.1) is 11.8 Å². The zero-order valence-corrected chi connectivity index (χ0v) is 13.9. The molecule has 3 nitrogen and oxygen atoms in total. The van der Waals surface area contributed by atoms with Crippen LogP contribution < -0.4 is 0 Å². The Labute approximate surface area is 151 Å². The molecule has 0 atom stereocenters. The van der Waals surface area contributed by atoms with Crippen LogP contribution in [0.5, 0.6) is 0 Å². The summed E-state index contributed by atoms with van der Waals surface area (Å²) in [6.07, 6.45) is -1.83. The summed E-state index contributed by atoms with van der Waals surface area (Å²) < 4.78 is 0. The smallest absolute Gasteiger partial charge is 0.450 e. The Bertz CT molecular complexity index is 1040. The van der Waals surface area contributed by atoms with Gasteiger partial charge in [0.05, 0.1) is 0 Å². The third-order valence-corrected chi connectivity index (χ3v) is 3.91. The van der Waals surface area contributed by atoms with E-state index >= 15 is 0 Å². The molecule has 0 aliphatic rings. The quantitative estimate of drug-likeness (QED) is 0.409. The molecule has 0 heterocycles. The van der Waals surface area contributed by atoms with E-state index in [0.29, 0.717) is 0 Å². The van der Waals surface area contributed by atoms with E-state index in [4.69, 9.17) is 15.0 Å². The van der Waals surface area contributed by atoms with Crippen molar-refractivity contribution in [1.29, 1.82) is 0 Å². The fourth-order valence-corrected chi connectivity index (χ4v) is 2.80. The van der Waals surface area contributed by atoms with Crippen molar-refractivity contribution in [2.45, 2.75) is 0 Å². The molecule has 0 saturated heterocycles. The van der Waals surface area contributed by atoms with Crippen molar-refractivity contribution in [1.82, 2.24) is 0 Å². The second-order valence-corrected chi connectivity index (χ2v) is 5.59. The lowest BCUT2D eigenvalue weighted by Crippen LogP contribution is -1.81. The predicted molar refractivity (Wildman–Crippen MR) is 105 cm³/mol. The first-order chi connectivity index (χ1) is 12.6.